The van der Waals surface area contributed by atoms with Crippen LogP contribution in [0.5, 0.6) is 0 Å². The highest BCUT2D eigenvalue weighted by Gasteiger charge is 2.05. The Bertz CT molecular complexity index is 390. The highest BCUT2D eigenvalue weighted by molar-refractivity contribution is 14.1. The maximum atomic E-state index is 11.7. The maximum Gasteiger partial charge on any atom is 0.251 e. The van der Waals surface area contributed by atoms with Gasteiger partial charge in [0.1, 0.15) is 0 Å². The van der Waals surface area contributed by atoms with E-state index in [0.717, 1.165) is 17.3 Å². The van der Waals surface area contributed by atoms with Gasteiger partial charge < -0.3 is 11.1 Å². The van der Waals surface area contributed by atoms with Crippen LogP contribution < -0.4 is 11.1 Å². The summed E-state index contributed by atoms with van der Waals surface area (Å²) in [5.74, 6) is -0.603. The van der Waals surface area contributed by atoms with E-state index in [1.807, 2.05) is 0 Å². The first kappa shape index (κ1) is 14.0. The first-order valence-electron chi connectivity index (χ1n) is 5.39. The molecule has 4 nitrogen and oxygen atoms in total. The standard InChI is InChI=1S/C12H15IN2O2/c13-7-1-2-8-15-12(17)10-5-3-9(4-6-10)11(14)16/h3-6H,1-2,7-8H2,(H2,14,16)(H,15,17). The summed E-state index contributed by atoms with van der Waals surface area (Å²) in [5, 5.41) is 2.82. The molecule has 0 saturated heterocycles. The number of amides is 2. The molecule has 3 N–H and O–H groups in total. The van der Waals surface area contributed by atoms with E-state index >= 15 is 0 Å². The van der Waals surface area contributed by atoms with Gasteiger partial charge >= 0.3 is 0 Å². The average molecular weight is 346 g/mol. The third-order valence-corrected chi connectivity index (χ3v) is 3.04. The van der Waals surface area contributed by atoms with Crippen LogP contribution in [0.15, 0.2) is 24.3 Å². The molecule has 0 heterocycles. The SMILES string of the molecule is NC(=O)c1ccc(C(=O)NCCCCI)cc1. The van der Waals surface area contributed by atoms with Gasteiger partial charge in [-0.2, -0.15) is 0 Å². The molecule has 0 fully saturated rings. The third kappa shape index (κ3) is 4.72. The Labute approximate surface area is 114 Å². The number of primary amides is 1. The zero-order valence-corrected chi connectivity index (χ0v) is 11.6. The van der Waals surface area contributed by atoms with Crippen LogP contribution in [-0.2, 0) is 0 Å². The van der Waals surface area contributed by atoms with Crippen LogP contribution in [0.3, 0.4) is 0 Å². The van der Waals surface area contributed by atoms with Crippen molar-refractivity contribution in [1.82, 2.24) is 5.32 Å². The van der Waals surface area contributed by atoms with Crippen LogP contribution in [0.25, 0.3) is 0 Å². The van der Waals surface area contributed by atoms with Crippen LogP contribution >= 0.6 is 22.6 Å². The highest BCUT2D eigenvalue weighted by atomic mass is 127. The highest BCUT2D eigenvalue weighted by Crippen LogP contribution is 2.04. The van der Waals surface area contributed by atoms with E-state index in [9.17, 15) is 9.59 Å². The molecule has 0 spiro atoms. The van der Waals surface area contributed by atoms with Crippen molar-refractivity contribution < 1.29 is 9.59 Å². The first-order chi connectivity index (χ1) is 8.15. The summed E-state index contributed by atoms with van der Waals surface area (Å²) >= 11 is 2.31. The molecule has 0 aliphatic rings. The number of carbonyl (C=O) groups excluding carboxylic acids is 2. The van der Waals surface area contributed by atoms with Gasteiger partial charge in [-0.3, -0.25) is 9.59 Å². The molecular formula is C12H15IN2O2. The van der Waals surface area contributed by atoms with Gasteiger partial charge in [0.25, 0.3) is 5.91 Å². The summed E-state index contributed by atoms with van der Waals surface area (Å²) in [7, 11) is 0. The molecular weight excluding hydrogens is 331 g/mol. The molecule has 17 heavy (non-hydrogen) atoms. The van der Waals surface area contributed by atoms with Crippen molar-refractivity contribution in [3.8, 4) is 0 Å². The Morgan fingerprint density at radius 2 is 1.71 bits per heavy atom. The minimum atomic E-state index is -0.487. The normalized spacial score (nSPS) is 9.94. The van der Waals surface area contributed by atoms with Gasteiger partial charge in [-0.15, -0.1) is 0 Å². The zero-order valence-electron chi connectivity index (χ0n) is 9.41. The number of halogens is 1. The molecule has 0 aliphatic carbocycles. The topological polar surface area (TPSA) is 72.2 Å². The fourth-order valence-electron chi connectivity index (χ4n) is 1.31. The van der Waals surface area contributed by atoms with Crippen molar-refractivity contribution in [1.29, 1.82) is 0 Å². The van der Waals surface area contributed by atoms with Crippen molar-refractivity contribution in [3.05, 3.63) is 35.4 Å². The van der Waals surface area contributed by atoms with E-state index in [1.165, 1.54) is 0 Å². The summed E-state index contributed by atoms with van der Waals surface area (Å²) in [6, 6.07) is 6.33. The van der Waals surface area contributed by atoms with Gasteiger partial charge in [0, 0.05) is 17.7 Å². The number of nitrogens with one attached hydrogen (secondary N) is 1. The lowest BCUT2D eigenvalue weighted by Crippen LogP contribution is -2.24. The first-order valence-corrected chi connectivity index (χ1v) is 6.91. The maximum absolute atomic E-state index is 11.7. The second-order valence-electron chi connectivity index (χ2n) is 3.59. The molecule has 92 valence electrons. The minimum Gasteiger partial charge on any atom is -0.366 e. The summed E-state index contributed by atoms with van der Waals surface area (Å²) in [5.41, 5.74) is 6.07. The van der Waals surface area contributed by atoms with Gasteiger partial charge in [-0.25, -0.2) is 0 Å². The molecule has 0 radical (unpaired) electrons. The predicted octanol–water partition coefficient (Wildman–Crippen LogP) is 1.73. The van der Waals surface area contributed by atoms with Crippen LogP contribution in [-0.4, -0.2) is 22.8 Å². The van der Waals surface area contributed by atoms with Gasteiger partial charge in [0.15, 0.2) is 0 Å². The Morgan fingerprint density at radius 1 is 1.12 bits per heavy atom. The number of benzene rings is 1. The zero-order chi connectivity index (χ0) is 12.7. The van der Waals surface area contributed by atoms with Crippen molar-refractivity contribution in [2.75, 3.05) is 11.0 Å². The monoisotopic (exact) mass is 346 g/mol. The summed E-state index contributed by atoms with van der Waals surface area (Å²) in [6.07, 6.45) is 2.08. The molecule has 0 saturated carbocycles. The molecule has 1 aromatic rings. The average Bonchev–Trinajstić information content (AvgIpc) is 2.34. The van der Waals surface area contributed by atoms with Crippen LogP contribution in [0.4, 0.5) is 0 Å². The quantitative estimate of drug-likeness (QED) is 0.468. The molecule has 1 rings (SSSR count). The molecule has 0 bridgehead atoms. The Balaban J connectivity index is 2.49. The largest absolute Gasteiger partial charge is 0.366 e. The second-order valence-corrected chi connectivity index (χ2v) is 4.67. The van der Waals surface area contributed by atoms with E-state index < -0.39 is 5.91 Å². The number of rotatable bonds is 6. The van der Waals surface area contributed by atoms with Crippen molar-refractivity contribution in [2.24, 2.45) is 5.73 Å². The smallest absolute Gasteiger partial charge is 0.251 e. The fourth-order valence-corrected chi connectivity index (χ4v) is 1.85. The predicted molar refractivity (Wildman–Crippen MR) is 75.4 cm³/mol. The molecule has 2 amide bonds. The molecule has 5 heteroatoms. The Hall–Kier alpha value is -1.11. The molecule has 0 unspecified atom stereocenters. The molecule has 0 aliphatic heterocycles. The lowest BCUT2D eigenvalue weighted by molar-refractivity contribution is 0.0950. The Morgan fingerprint density at radius 3 is 2.24 bits per heavy atom. The van der Waals surface area contributed by atoms with Gasteiger partial charge in [0.05, 0.1) is 0 Å². The second kappa shape index (κ2) is 7.26. The van der Waals surface area contributed by atoms with E-state index in [0.29, 0.717) is 17.7 Å². The van der Waals surface area contributed by atoms with Gasteiger partial charge in [-0.05, 0) is 41.5 Å². The molecule has 0 aromatic heterocycles. The van der Waals surface area contributed by atoms with E-state index in [-0.39, 0.29) is 5.91 Å². The van der Waals surface area contributed by atoms with E-state index in [1.54, 1.807) is 24.3 Å². The third-order valence-electron chi connectivity index (χ3n) is 2.28. The van der Waals surface area contributed by atoms with Gasteiger partial charge in [0.2, 0.25) is 5.91 Å². The van der Waals surface area contributed by atoms with Crippen LogP contribution in [0.1, 0.15) is 33.6 Å². The van der Waals surface area contributed by atoms with Crippen molar-refractivity contribution in [3.63, 3.8) is 0 Å². The number of alkyl halides is 1. The van der Waals surface area contributed by atoms with Crippen molar-refractivity contribution in [2.45, 2.75) is 12.8 Å². The van der Waals surface area contributed by atoms with E-state index in [2.05, 4.69) is 27.9 Å². The molecule has 0 atom stereocenters. The molecule has 1 aromatic carbocycles. The van der Waals surface area contributed by atoms with Crippen molar-refractivity contribution >= 4 is 34.4 Å². The number of nitrogens with two attached hydrogens (primary N) is 1. The summed E-state index contributed by atoms with van der Waals surface area (Å²) in [6.45, 7) is 0.680. The fraction of sp³-hybridized carbons (Fsp3) is 0.333. The number of hydrogen-bond acceptors (Lipinski definition) is 2. The number of hydrogen-bond donors (Lipinski definition) is 2. The van der Waals surface area contributed by atoms with Crippen LogP contribution in [0.2, 0.25) is 0 Å². The number of unbranched alkanes of at least 4 members (excludes halogenated alkanes) is 1. The lowest BCUT2D eigenvalue weighted by atomic mass is 10.1. The van der Waals surface area contributed by atoms with Gasteiger partial charge in [-0.1, -0.05) is 22.6 Å². The van der Waals surface area contributed by atoms with E-state index in [4.69, 9.17) is 5.73 Å². The minimum absolute atomic E-state index is 0.116. The summed E-state index contributed by atoms with van der Waals surface area (Å²) in [4.78, 5) is 22.5. The van der Waals surface area contributed by atoms with Crippen LogP contribution in [0, 0.1) is 0 Å². The summed E-state index contributed by atoms with van der Waals surface area (Å²) < 4.78 is 1.10. The Kier molecular flexibility index (Phi) is 5.96. The lowest BCUT2D eigenvalue weighted by Gasteiger charge is -2.04. The number of carbonyl (C=O) groups is 2.